The number of aromatic nitrogens is 2. The van der Waals surface area contributed by atoms with Gasteiger partial charge < -0.3 is 4.57 Å². The molecule has 0 aliphatic carbocycles. The van der Waals surface area contributed by atoms with Crippen molar-refractivity contribution in [3.05, 3.63) is 12.4 Å². The Balaban J connectivity index is 2.38. The Bertz CT molecular complexity index is 258. The molecule has 0 N–H and O–H groups in total. The second-order valence-electron chi connectivity index (χ2n) is 3.46. The number of hydrogen-bond donors (Lipinski definition) is 0. The Hall–Kier alpha value is -0.700. The molecule has 1 heterocycles. The summed E-state index contributed by atoms with van der Waals surface area (Å²) in [5.41, 5.74) is 0. The third kappa shape index (κ3) is 3.22. The summed E-state index contributed by atoms with van der Waals surface area (Å²) < 4.78 is 3.61. The first kappa shape index (κ1) is 11.4. The number of hydrogen-bond acceptors (Lipinski definition) is 2. The fraction of sp³-hybridized carbons (Fsp3) is 0.700. The molecule has 80 valence electrons. The lowest BCUT2D eigenvalue weighted by atomic mass is 10.2. The van der Waals surface area contributed by atoms with Crippen LogP contribution in [0.2, 0.25) is 0 Å². The number of imidazole rings is 1. The normalized spacial score (nSPS) is 10.5. The molecule has 1 aromatic heterocycles. The van der Waals surface area contributed by atoms with E-state index in [1.165, 1.54) is 30.1 Å². The Morgan fingerprint density at radius 2 is 2.21 bits per heavy atom. The molecule has 0 saturated heterocycles. The zero-order chi connectivity index (χ0) is 10.4. The van der Waals surface area contributed by atoms with Gasteiger partial charge in [0.1, 0.15) is 0 Å². The van der Waals surface area contributed by atoms with Crippen molar-refractivity contribution in [2.45, 2.75) is 39.2 Å². The van der Waals surface area contributed by atoms with Crippen LogP contribution in [0.3, 0.4) is 0 Å². The number of rotatable bonds is 6. The number of anilines is 1. The van der Waals surface area contributed by atoms with Crippen molar-refractivity contribution in [1.82, 2.24) is 9.55 Å². The van der Waals surface area contributed by atoms with Gasteiger partial charge in [-0.05, 0) is 6.42 Å². The van der Waals surface area contributed by atoms with Gasteiger partial charge in [-0.1, -0.05) is 26.2 Å². The van der Waals surface area contributed by atoms with Crippen LogP contribution < -0.4 is 4.42 Å². The highest BCUT2D eigenvalue weighted by molar-refractivity contribution is 6.24. The lowest BCUT2D eigenvalue weighted by molar-refractivity contribution is 0.584. The molecule has 0 bridgehead atoms. The zero-order valence-corrected chi connectivity index (χ0v) is 9.67. The molecule has 0 aliphatic heterocycles. The predicted molar refractivity (Wildman–Crippen MR) is 60.6 cm³/mol. The fourth-order valence-electron chi connectivity index (χ4n) is 1.46. The minimum Gasteiger partial charge on any atom is -0.316 e. The molecule has 0 amide bonds. The van der Waals surface area contributed by atoms with E-state index in [2.05, 4.69) is 16.5 Å². The molecular weight excluding hydrogens is 198 g/mol. The molecule has 1 rings (SSSR count). The van der Waals surface area contributed by atoms with Crippen LogP contribution in [0.25, 0.3) is 0 Å². The molecule has 3 nitrogen and oxygen atoms in total. The minimum atomic E-state index is 0.822. The van der Waals surface area contributed by atoms with Crippen molar-refractivity contribution in [1.29, 1.82) is 0 Å². The van der Waals surface area contributed by atoms with Gasteiger partial charge in [-0.15, -0.1) is 0 Å². The third-order valence-electron chi connectivity index (χ3n) is 2.22. The summed E-state index contributed by atoms with van der Waals surface area (Å²) >= 11 is 5.84. The minimum absolute atomic E-state index is 0.822. The van der Waals surface area contributed by atoms with Gasteiger partial charge in [0.15, 0.2) is 0 Å². The first-order valence-corrected chi connectivity index (χ1v) is 5.50. The second kappa shape index (κ2) is 5.91. The van der Waals surface area contributed by atoms with Crippen molar-refractivity contribution in [2.24, 2.45) is 0 Å². The van der Waals surface area contributed by atoms with Gasteiger partial charge in [0, 0.05) is 37.8 Å². The van der Waals surface area contributed by atoms with E-state index >= 15 is 0 Å². The summed E-state index contributed by atoms with van der Waals surface area (Å²) in [5, 5.41) is 0. The second-order valence-corrected chi connectivity index (χ2v) is 3.97. The number of unbranched alkanes of at least 4 members (excludes halogenated alkanes) is 3. The van der Waals surface area contributed by atoms with Crippen LogP contribution in [0.15, 0.2) is 12.4 Å². The van der Waals surface area contributed by atoms with Crippen LogP contribution >= 0.6 is 11.8 Å². The highest BCUT2D eigenvalue weighted by atomic mass is 35.5. The molecule has 0 aromatic carbocycles. The summed E-state index contributed by atoms with van der Waals surface area (Å²) in [6.45, 7) is 3.22. The molecule has 0 unspecified atom stereocenters. The van der Waals surface area contributed by atoms with E-state index in [0.29, 0.717) is 0 Å². The smallest absolute Gasteiger partial charge is 0.220 e. The summed E-state index contributed by atoms with van der Waals surface area (Å²) in [7, 11) is 1.80. The largest absolute Gasteiger partial charge is 0.316 e. The van der Waals surface area contributed by atoms with Gasteiger partial charge >= 0.3 is 0 Å². The predicted octanol–water partition coefficient (Wildman–Crippen LogP) is 3.05. The Kier molecular flexibility index (Phi) is 4.80. The van der Waals surface area contributed by atoms with Gasteiger partial charge in [-0.2, -0.15) is 0 Å². The van der Waals surface area contributed by atoms with E-state index < -0.39 is 0 Å². The molecule has 0 atom stereocenters. The third-order valence-corrected chi connectivity index (χ3v) is 2.37. The first-order valence-electron chi connectivity index (χ1n) is 5.16. The van der Waals surface area contributed by atoms with Crippen LogP contribution in [-0.2, 0) is 6.54 Å². The molecule has 0 fully saturated rings. The van der Waals surface area contributed by atoms with Crippen molar-refractivity contribution >= 4 is 17.7 Å². The van der Waals surface area contributed by atoms with Crippen molar-refractivity contribution < 1.29 is 0 Å². The number of nitrogens with zero attached hydrogens (tertiary/aromatic N) is 3. The van der Waals surface area contributed by atoms with Gasteiger partial charge in [-0.3, -0.25) is 4.42 Å². The molecular formula is C10H18ClN3. The van der Waals surface area contributed by atoms with Gasteiger partial charge in [0.25, 0.3) is 0 Å². The van der Waals surface area contributed by atoms with Crippen LogP contribution in [0.4, 0.5) is 5.95 Å². The monoisotopic (exact) mass is 215 g/mol. The van der Waals surface area contributed by atoms with E-state index in [-0.39, 0.29) is 0 Å². The molecule has 0 saturated carbocycles. The average molecular weight is 216 g/mol. The summed E-state index contributed by atoms with van der Waals surface area (Å²) in [4.78, 5) is 4.17. The Labute approximate surface area is 90.8 Å². The number of halogens is 1. The molecule has 4 heteroatoms. The molecule has 0 spiro atoms. The Morgan fingerprint density at radius 1 is 1.43 bits per heavy atom. The highest BCUT2D eigenvalue weighted by Crippen LogP contribution is 2.13. The van der Waals surface area contributed by atoms with E-state index in [1.807, 2.05) is 6.20 Å². The Morgan fingerprint density at radius 3 is 2.86 bits per heavy atom. The van der Waals surface area contributed by atoms with Gasteiger partial charge in [0.2, 0.25) is 5.95 Å². The molecule has 0 aliphatic rings. The number of aryl methyl sites for hydroxylation is 1. The SMILES string of the molecule is CCCCCCn1ccnc1N(C)Cl. The standard InChI is InChI=1S/C10H18ClN3/c1-3-4-5-6-8-14-9-7-12-10(14)13(2)11/h7,9H,3-6,8H2,1-2H3. The van der Waals surface area contributed by atoms with E-state index in [0.717, 1.165) is 12.5 Å². The highest BCUT2D eigenvalue weighted by Gasteiger charge is 2.04. The maximum absolute atomic E-state index is 5.84. The summed E-state index contributed by atoms with van der Waals surface area (Å²) in [6.07, 6.45) is 8.81. The quantitative estimate of drug-likeness (QED) is 0.537. The maximum atomic E-state index is 5.84. The summed E-state index contributed by atoms with van der Waals surface area (Å²) in [5.74, 6) is 0.822. The van der Waals surface area contributed by atoms with Crippen LogP contribution in [0.1, 0.15) is 32.6 Å². The fourth-order valence-corrected chi connectivity index (χ4v) is 1.60. The average Bonchev–Trinajstić information content (AvgIpc) is 2.60. The zero-order valence-electron chi connectivity index (χ0n) is 8.91. The molecule has 14 heavy (non-hydrogen) atoms. The molecule has 1 aromatic rings. The maximum Gasteiger partial charge on any atom is 0.220 e. The lowest BCUT2D eigenvalue weighted by Crippen LogP contribution is -2.09. The van der Waals surface area contributed by atoms with Gasteiger partial charge in [0.05, 0.1) is 0 Å². The van der Waals surface area contributed by atoms with E-state index in [1.54, 1.807) is 13.2 Å². The molecule has 0 radical (unpaired) electrons. The topological polar surface area (TPSA) is 21.1 Å². The van der Waals surface area contributed by atoms with Crippen molar-refractivity contribution in [2.75, 3.05) is 11.5 Å². The first-order chi connectivity index (χ1) is 6.75. The van der Waals surface area contributed by atoms with Crippen molar-refractivity contribution in [3.63, 3.8) is 0 Å². The van der Waals surface area contributed by atoms with Crippen LogP contribution in [0.5, 0.6) is 0 Å². The van der Waals surface area contributed by atoms with Crippen molar-refractivity contribution in [3.8, 4) is 0 Å². The van der Waals surface area contributed by atoms with E-state index in [4.69, 9.17) is 11.8 Å². The van der Waals surface area contributed by atoms with Crippen LogP contribution in [-0.4, -0.2) is 16.6 Å². The summed E-state index contributed by atoms with van der Waals surface area (Å²) in [6, 6.07) is 0. The van der Waals surface area contributed by atoms with Crippen LogP contribution in [0, 0.1) is 0 Å². The van der Waals surface area contributed by atoms with E-state index in [9.17, 15) is 0 Å². The lowest BCUT2D eigenvalue weighted by Gasteiger charge is -2.11. The van der Waals surface area contributed by atoms with Gasteiger partial charge in [-0.25, -0.2) is 4.98 Å².